The smallest absolute Gasteiger partial charge is 0.270 e. The van der Waals surface area contributed by atoms with E-state index in [4.69, 9.17) is 11.6 Å². The van der Waals surface area contributed by atoms with Crippen molar-refractivity contribution in [2.24, 2.45) is 11.8 Å². The molecule has 6 nitrogen and oxygen atoms in total. The summed E-state index contributed by atoms with van der Waals surface area (Å²) in [6, 6.07) is 17.8. The number of anilines is 1. The van der Waals surface area contributed by atoms with Crippen molar-refractivity contribution in [3.63, 3.8) is 0 Å². The van der Waals surface area contributed by atoms with Crippen molar-refractivity contribution in [2.45, 2.75) is 19.8 Å². The molecule has 0 saturated carbocycles. The van der Waals surface area contributed by atoms with Gasteiger partial charge in [-0.25, -0.2) is 0 Å². The Kier molecular flexibility index (Phi) is 6.50. The summed E-state index contributed by atoms with van der Waals surface area (Å²) in [5, 5.41) is 1.60. The first kappa shape index (κ1) is 22.8. The molecule has 3 aromatic rings. The predicted molar refractivity (Wildman–Crippen MR) is 136 cm³/mol. The number of fused-ring (bicyclic) bond motifs is 1. The van der Waals surface area contributed by atoms with E-state index in [1.54, 1.807) is 0 Å². The molecule has 2 aliphatic rings. The van der Waals surface area contributed by atoms with Gasteiger partial charge in [0.15, 0.2) is 0 Å². The average molecular weight is 479 g/mol. The number of hydrogen-bond donors (Lipinski definition) is 1. The van der Waals surface area contributed by atoms with Gasteiger partial charge in [-0.15, -0.1) is 0 Å². The van der Waals surface area contributed by atoms with E-state index in [0.29, 0.717) is 29.7 Å². The molecule has 5 rings (SSSR count). The van der Waals surface area contributed by atoms with Crippen LogP contribution in [0.1, 0.15) is 30.3 Å². The summed E-state index contributed by atoms with van der Waals surface area (Å²) in [6.45, 7) is 6.68. The molecule has 2 saturated heterocycles. The second kappa shape index (κ2) is 9.71. The maximum atomic E-state index is 13.2. The number of halogens is 1. The molecule has 0 radical (unpaired) electrons. The van der Waals surface area contributed by atoms with Crippen molar-refractivity contribution in [1.82, 2.24) is 14.8 Å². The van der Waals surface area contributed by atoms with Crippen LogP contribution < -0.4 is 4.90 Å². The first-order valence-corrected chi connectivity index (χ1v) is 12.5. The minimum Gasteiger partial charge on any atom is -0.368 e. The van der Waals surface area contributed by atoms with E-state index < -0.39 is 0 Å². The molecule has 0 aliphatic carbocycles. The van der Waals surface area contributed by atoms with Gasteiger partial charge in [-0.3, -0.25) is 9.59 Å². The molecular formula is C27H31ClN4O2. The Bertz CT molecular complexity index is 1160. The fourth-order valence-electron chi connectivity index (χ4n) is 5.31. The van der Waals surface area contributed by atoms with E-state index in [2.05, 4.69) is 41.1 Å². The van der Waals surface area contributed by atoms with E-state index in [1.165, 1.54) is 5.69 Å². The SMILES string of the molecule is C[C@@H](C(=O)N1CCN(c2ccccc2)CC1)C1CCN(C(=O)c2cc3cc(Cl)ccc3[nH]2)CC1. The van der Waals surface area contributed by atoms with Crippen LogP contribution in [0.2, 0.25) is 5.02 Å². The number of piperidine rings is 1. The molecule has 2 fully saturated rings. The fourth-order valence-corrected chi connectivity index (χ4v) is 5.49. The number of hydrogen-bond acceptors (Lipinski definition) is 3. The summed E-state index contributed by atoms with van der Waals surface area (Å²) in [7, 11) is 0. The van der Waals surface area contributed by atoms with Crippen molar-refractivity contribution in [1.29, 1.82) is 0 Å². The summed E-state index contributed by atoms with van der Waals surface area (Å²) in [6.07, 6.45) is 1.71. The molecule has 1 N–H and O–H groups in total. The molecule has 0 unspecified atom stereocenters. The van der Waals surface area contributed by atoms with E-state index in [9.17, 15) is 9.59 Å². The largest absolute Gasteiger partial charge is 0.368 e. The van der Waals surface area contributed by atoms with Crippen molar-refractivity contribution < 1.29 is 9.59 Å². The quantitative estimate of drug-likeness (QED) is 0.593. The number of rotatable bonds is 4. The van der Waals surface area contributed by atoms with Crippen LogP contribution in [-0.2, 0) is 4.79 Å². The Balaban J connectivity index is 1.13. The predicted octanol–water partition coefficient (Wildman–Crippen LogP) is 4.66. The van der Waals surface area contributed by atoms with Crippen LogP contribution in [0.3, 0.4) is 0 Å². The Hall–Kier alpha value is -2.99. The van der Waals surface area contributed by atoms with Crippen LogP contribution >= 0.6 is 11.6 Å². The first-order valence-electron chi connectivity index (χ1n) is 12.2. The lowest BCUT2D eigenvalue weighted by Crippen LogP contribution is -2.51. The van der Waals surface area contributed by atoms with Gasteiger partial charge < -0.3 is 19.7 Å². The zero-order chi connectivity index (χ0) is 23.7. The van der Waals surface area contributed by atoms with Crippen molar-refractivity contribution in [3.05, 3.63) is 65.3 Å². The minimum atomic E-state index is -0.0178. The van der Waals surface area contributed by atoms with E-state index >= 15 is 0 Å². The minimum absolute atomic E-state index is 0.0155. The van der Waals surface area contributed by atoms with Gasteiger partial charge in [0, 0.05) is 66.8 Å². The van der Waals surface area contributed by atoms with E-state index in [-0.39, 0.29) is 17.7 Å². The Morgan fingerprint density at radius 1 is 0.912 bits per heavy atom. The van der Waals surface area contributed by atoms with Gasteiger partial charge in [-0.05, 0) is 55.2 Å². The number of H-pyrrole nitrogens is 1. The highest BCUT2D eigenvalue weighted by Gasteiger charge is 2.33. The highest BCUT2D eigenvalue weighted by atomic mass is 35.5. The number of para-hydroxylation sites is 1. The van der Waals surface area contributed by atoms with Gasteiger partial charge in [0.25, 0.3) is 5.91 Å². The molecule has 7 heteroatoms. The molecule has 2 aliphatic heterocycles. The zero-order valence-corrected chi connectivity index (χ0v) is 20.3. The lowest BCUT2D eigenvalue weighted by Gasteiger charge is -2.39. The number of aromatic nitrogens is 1. The van der Waals surface area contributed by atoms with Crippen LogP contribution in [0.25, 0.3) is 10.9 Å². The fraction of sp³-hybridized carbons (Fsp3) is 0.407. The third-order valence-electron chi connectivity index (χ3n) is 7.45. The molecule has 3 heterocycles. The number of nitrogens with one attached hydrogen (secondary N) is 1. The highest BCUT2D eigenvalue weighted by Crippen LogP contribution is 2.29. The second-order valence-electron chi connectivity index (χ2n) is 9.48. The van der Waals surface area contributed by atoms with Crippen LogP contribution in [0, 0.1) is 11.8 Å². The topological polar surface area (TPSA) is 59.7 Å². The normalized spacial score (nSPS) is 18.4. The van der Waals surface area contributed by atoms with Crippen molar-refractivity contribution >= 4 is 40.0 Å². The molecule has 0 spiro atoms. The third kappa shape index (κ3) is 4.64. The Labute approximate surface area is 205 Å². The number of nitrogens with zero attached hydrogens (tertiary/aromatic N) is 3. The number of amides is 2. The highest BCUT2D eigenvalue weighted by molar-refractivity contribution is 6.31. The van der Waals surface area contributed by atoms with Gasteiger partial charge >= 0.3 is 0 Å². The maximum absolute atomic E-state index is 13.2. The molecule has 2 aromatic carbocycles. The number of carbonyl (C=O) groups excluding carboxylic acids is 2. The Morgan fingerprint density at radius 3 is 2.32 bits per heavy atom. The van der Waals surface area contributed by atoms with Gasteiger partial charge in [0.2, 0.25) is 5.91 Å². The summed E-state index contributed by atoms with van der Waals surface area (Å²) in [5.74, 6) is 0.563. The molecule has 1 atom stereocenters. The maximum Gasteiger partial charge on any atom is 0.270 e. The van der Waals surface area contributed by atoms with Crippen LogP contribution in [0.15, 0.2) is 54.6 Å². The standard InChI is InChI=1S/C27H31ClN4O2/c1-19(26(33)32-15-13-30(14-16-32)23-5-3-2-4-6-23)20-9-11-31(12-10-20)27(34)25-18-21-17-22(28)7-8-24(21)29-25/h2-8,17-20,29H,9-16H2,1H3/t19-/m1/s1. The summed E-state index contributed by atoms with van der Waals surface area (Å²) < 4.78 is 0. The summed E-state index contributed by atoms with van der Waals surface area (Å²) in [4.78, 5) is 35.7. The van der Waals surface area contributed by atoms with Crippen LogP contribution in [-0.4, -0.2) is 65.9 Å². The zero-order valence-electron chi connectivity index (χ0n) is 19.5. The summed E-state index contributed by atoms with van der Waals surface area (Å²) in [5.41, 5.74) is 2.73. The monoisotopic (exact) mass is 478 g/mol. The molecule has 2 amide bonds. The molecule has 34 heavy (non-hydrogen) atoms. The lowest BCUT2D eigenvalue weighted by atomic mass is 9.84. The van der Waals surface area contributed by atoms with Crippen LogP contribution in [0.5, 0.6) is 0 Å². The molecular weight excluding hydrogens is 448 g/mol. The number of carbonyl (C=O) groups is 2. The van der Waals surface area contributed by atoms with Gasteiger partial charge in [0.1, 0.15) is 5.69 Å². The lowest BCUT2D eigenvalue weighted by molar-refractivity contribution is -0.137. The average Bonchev–Trinajstić information content (AvgIpc) is 3.31. The number of aromatic amines is 1. The van der Waals surface area contributed by atoms with Gasteiger partial charge in [-0.2, -0.15) is 0 Å². The molecule has 0 bridgehead atoms. The summed E-state index contributed by atoms with van der Waals surface area (Å²) >= 11 is 6.08. The van der Waals surface area contributed by atoms with Crippen LogP contribution in [0.4, 0.5) is 5.69 Å². The van der Waals surface area contributed by atoms with E-state index in [1.807, 2.05) is 40.1 Å². The third-order valence-corrected chi connectivity index (χ3v) is 7.68. The van der Waals surface area contributed by atoms with Gasteiger partial charge in [-0.1, -0.05) is 36.7 Å². The first-order chi connectivity index (χ1) is 16.5. The number of piperazine rings is 1. The Morgan fingerprint density at radius 2 is 1.62 bits per heavy atom. The molecule has 1 aromatic heterocycles. The second-order valence-corrected chi connectivity index (χ2v) is 9.92. The number of likely N-dealkylation sites (tertiary alicyclic amines) is 1. The van der Waals surface area contributed by atoms with Crippen molar-refractivity contribution in [3.8, 4) is 0 Å². The van der Waals surface area contributed by atoms with Gasteiger partial charge in [0.05, 0.1) is 0 Å². The number of benzene rings is 2. The van der Waals surface area contributed by atoms with E-state index in [0.717, 1.165) is 49.9 Å². The van der Waals surface area contributed by atoms with Crippen molar-refractivity contribution in [2.75, 3.05) is 44.2 Å². The molecule has 178 valence electrons.